The van der Waals surface area contributed by atoms with Crippen LogP contribution in [0.4, 0.5) is 0 Å². The molecule has 0 amide bonds. The van der Waals surface area contributed by atoms with Gasteiger partial charge in [-0.3, -0.25) is 4.90 Å². The fraction of sp³-hybridized carbons (Fsp3) is 0.333. The van der Waals surface area contributed by atoms with Gasteiger partial charge in [0, 0.05) is 29.2 Å². The number of furan rings is 1. The Morgan fingerprint density at radius 3 is 2.63 bits per heavy atom. The van der Waals surface area contributed by atoms with Gasteiger partial charge in [-0.25, -0.2) is 0 Å². The van der Waals surface area contributed by atoms with Crippen molar-refractivity contribution < 1.29 is 4.42 Å². The summed E-state index contributed by atoms with van der Waals surface area (Å²) in [5, 5.41) is 0. The topological polar surface area (TPSA) is 42.4 Å². The van der Waals surface area contributed by atoms with Crippen molar-refractivity contribution in [2.75, 3.05) is 13.6 Å². The normalized spacial score (nSPS) is 12.9. The molecule has 1 aromatic carbocycles. The molecule has 2 rings (SSSR count). The van der Waals surface area contributed by atoms with E-state index in [0.717, 1.165) is 16.8 Å². The molecule has 0 aliphatic heterocycles. The minimum absolute atomic E-state index is 0.185. The molecule has 19 heavy (non-hydrogen) atoms. The maximum atomic E-state index is 5.96. The Morgan fingerprint density at radius 1 is 1.32 bits per heavy atom. The molecule has 1 atom stereocenters. The van der Waals surface area contributed by atoms with Crippen LogP contribution in [0.3, 0.4) is 0 Å². The second-order valence-corrected chi connectivity index (χ2v) is 5.54. The van der Waals surface area contributed by atoms with Crippen molar-refractivity contribution in [2.24, 2.45) is 5.73 Å². The van der Waals surface area contributed by atoms with E-state index in [1.807, 2.05) is 25.1 Å². The number of nitrogens with two attached hydrogens (primary N) is 1. The summed E-state index contributed by atoms with van der Waals surface area (Å²) in [4.78, 5) is 2.25. The third kappa shape index (κ3) is 3.26. The molecule has 0 saturated heterocycles. The smallest absolute Gasteiger partial charge is 0.105 e. The summed E-state index contributed by atoms with van der Waals surface area (Å²) in [6.07, 6.45) is 1.73. The van der Waals surface area contributed by atoms with Crippen LogP contribution in [0, 0.1) is 6.92 Å². The molecule has 1 unspecified atom stereocenters. The first-order chi connectivity index (χ1) is 9.13. The van der Waals surface area contributed by atoms with Crippen LogP contribution in [-0.2, 0) is 6.54 Å². The molecule has 102 valence electrons. The molecular weight excluding hydrogens is 304 g/mol. The summed E-state index contributed by atoms with van der Waals surface area (Å²) in [6.45, 7) is 3.39. The van der Waals surface area contributed by atoms with Gasteiger partial charge in [0.15, 0.2) is 0 Å². The Balaban J connectivity index is 2.18. The molecule has 0 radical (unpaired) electrons. The van der Waals surface area contributed by atoms with Gasteiger partial charge in [0.05, 0.1) is 6.26 Å². The van der Waals surface area contributed by atoms with Crippen molar-refractivity contribution in [3.8, 4) is 0 Å². The Labute approximate surface area is 122 Å². The Kier molecular flexibility index (Phi) is 4.80. The molecule has 0 fully saturated rings. The maximum Gasteiger partial charge on any atom is 0.105 e. The van der Waals surface area contributed by atoms with E-state index in [1.165, 1.54) is 11.1 Å². The summed E-state index contributed by atoms with van der Waals surface area (Å²) >= 11 is 3.60. The summed E-state index contributed by atoms with van der Waals surface area (Å²) in [7, 11) is 2.09. The van der Waals surface area contributed by atoms with Gasteiger partial charge in [-0.05, 0) is 31.7 Å². The minimum atomic E-state index is 0.185. The predicted molar refractivity (Wildman–Crippen MR) is 80.8 cm³/mol. The van der Waals surface area contributed by atoms with Gasteiger partial charge in [0.1, 0.15) is 5.76 Å². The minimum Gasteiger partial charge on any atom is -0.469 e. The first-order valence-corrected chi connectivity index (χ1v) is 7.10. The van der Waals surface area contributed by atoms with E-state index < -0.39 is 0 Å². The van der Waals surface area contributed by atoms with Crippen LogP contribution in [-0.4, -0.2) is 18.5 Å². The highest BCUT2D eigenvalue weighted by Crippen LogP contribution is 2.27. The van der Waals surface area contributed by atoms with E-state index in [9.17, 15) is 0 Å². The summed E-state index contributed by atoms with van der Waals surface area (Å²) in [5.74, 6) is 0.967. The monoisotopic (exact) mass is 322 g/mol. The predicted octanol–water partition coefficient (Wildman–Crippen LogP) is 3.48. The number of aryl methyl sites for hydroxylation is 1. The number of rotatable bonds is 5. The van der Waals surface area contributed by atoms with E-state index in [0.29, 0.717) is 6.54 Å². The quantitative estimate of drug-likeness (QED) is 0.916. The molecule has 1 heterocycles. The maximum absolute atomic E-state index is 5.96. The fourth-order valence-electron chi connectivity index (χ4n) is 2.24. The fourth-order valence-corrected chi connectivity index (χ4v) is 2.79. The van der Waals surface area contributed by atoms with E-state index in [1.54, 1.807) is 6.26 Å². The Hall–Kier alpha value is -1.10. The summed E-state index contributed by atoms with van der Waals surface area (Å²) in [6, 6.07) is 10.4. The van der Waals surface area contributed by atoms with Crippen molar-refractivity contribution in [1.82, 2.24) is 4.90 Å². The van der Waals surface area contributed by atoms with Gasteiger partial charge in [0.2, 0.25) is 0 Å². The van der Waals surface area contributed by atoms with Gasteiger partial charge in [-0.2, -0.15) is 0 Å². The van der Waals surface area contributed by atoms with Crippen molar-refractivity contribution in [3.63, 3.8) is 0 Å². The SMILES string of the molecule is Cc1occc1CN(C)C(CN)c1ccccc1Br. The Morgan fingerprint density at radius 2 is 2.05 bits per heavy atom. The molecule has 3 nitrogen and oxygen atoms in total. The van der Waals surface area contributed by atoms with Gasteiger partial charge in [-0.15, -0.1) is 0 Å². The van der Waals surface area contributed by atoms with Crippen LogP contribution in [0.5, 0.6) is 0 Å². The van der Waals surface area contributed by atoms with Gasteiger partial charge < -0.3 is 10.2 Å². The third-order valence-corrected chi connectivity index (χ3v) is 4.13. The zero-order valence-electron chi connectivity index (χ0n) is 11.3. The number of hydrogen-bond donors (Lipinski definition) is 1. The molecular formula is C15H19BrN2O. The summed E-state index contributed by atoms with van der Waals surface area (Å²) < 4.78 is 6.44. The molecule has 2 aromatic rings. The van der Waals surface area contributed by atoms with Crippen LogP contribution in [0.25, 0.3) is 0 Å². The molecule has 0 aliphatic carbocycles. The van der Waals surface area contributed by atoms with Crippen LogP contribution in [0.2, 0.25) is 0 Å². The highest BCUT2D eigenvalue weighted by atomic mass is 79.9. The number of halogens is 1. The lowest BCUT2D eigenvalue weighted by Crippen LogP contribution is -2.30. The summed E-state index contributed by atoms with van der Waals surface area (Å²) in [5.41, 5.74) is 8.37. The van der Waals surface area contributed by atoms with Crippen molar-refractivity contribution >= 4 is 15.9 Å². The lowest BCUT2D eigenvalue weighted by molar-refractivity contribution is 0.239. The average Bonchev–Trinajstić information content (AvgIpc) is 2.78. The van der Waals surface area contributed by atoms with Crippen molar-refractivity contribution in [2.45, 2.75) is 19.5 Å². The molecule has 2 N–H and O–H groups in total. The zero-order chi connectivity index (χ0) is 13.8. The standard InChI is InChI=1S/C15H19BrN2O/c1-11-12(7-8-19-11)10-18(2)15(9-17)13-5-3-4-6-14(13)16/h3-8,15H,9-10,17H2,1-2H3. The van der Waals surface area contributed by atoms with E-state index in [4.69, 9.17) is 10.2 Å². The number of likely N-dealkylation sites (N-methyl/N-ethyl adjacent to an activating group) is 1. The van der Waals surface area contributed by atoms with E-state index in [-0.39, 0.29) is 6.04 Å². The molecule has 0 bridgehead atoms. The first-order valence-electron chi connectivity index (χ1n) is 6.31. The number of nitrogens with zero attached hydrogens (tertiary/aromatic N) is 1. The van der Waals surface area contributed by atoms with Gasteiger partial charge in [-0.1, -0.05) is 34.1 Å². The van der Waals surface area contributed by atoms with Crippen LogP contribution < -0.4 is 5.73 Å². The molecule has 4 heteroatoms. The third-order valence-electron chi connectivity index (χ3n) is 3.41. The van der Waals surface area contributed by atoms with Crippen LogP contribution in [0.15, 0.2) is 45.5 Å². The van der Waals surface area contributed by atoms with Crippen LogP contribution >= 0.6 is 15.9 Å². The van der Waals surface area contributed by atoms with Crippen LogP contribution in [0.1, 0.15) is 22.9 Å². The molecule has 0 spiro atoms. The zero-order valence-corrected chi connectivity index (χ0v) is 12.9. The number of benzene rings is 1. The van der Waals surface area contributed by atoms with E-state index in [2.05, 4.69) is 40.0 Å². The lowest BCUT2D eigenvalue weighted by Gasteiger charge is -2.28. The van der Waals surface area contributed by atoms with Crippen molar-refractivity contribution in [1.29, 1.82) is 0 Å². The van der Waals surface area contributed by atoms with Gasteiger partial charge in [0.25, 0.3) is 0 Å². The molecule has 0 aliphatic rings. The highest BCUT2D eigenvalue weighted by molar-refractivity contribution is 9.10. The first kappa shape index (κ1) is 14.3. The highest BCUT2D eigenvalue weighted by Gasteiger charge is 2.18. The van der Waals surface area contributed by atoms with Gasteiger partial charge >= 0.3 is 0 Å². The lowest BCUT2D eigenvalue weighted by atomic mass is 10.1. The largest absolute Gasteiger partial charge is 0.469 e. The Bertz CT molecular complexity index is 538. The number of hydrogen-bond acceptors (Lipinski definition) is 3. The average molecular weight is 323 g/mol. The second kappa shape index (κ2) is 6.37. The molecule has 0 saturated carbocycles. The molecule has 1 aromatic heterocycles. The van der Waals surface area contributed by atoms with Crippen molar-refractivity contribution in [3.05, 3.63) is 58.0 Å². The van der Waals surface area contributed by atoms with E-state index >= 15 is 0 Å². The second-order valence-electron chi connectivity index (χ2n) is 4.69.